The monoisotopic (exact) mass is 360 g/mol. The van der Waals surface area contributed by atoms with Gasteiger partial charge in [0.15, 0.2) is 10.8 Å². The number of nitrogens with zero attached hydrogens (tertiary/aromatic N) is 2. The van der Waals surface area contributed by atoms with Crippen molar-refractivity contribution in [3.8, 4) is 0 Å². The van der Waals surface area contributed by atoms with Crippen LogP contribution < -0.4 is 5.32 Å². The van der Waals surface area contributed by atoms with Gasteiger partial charge in [-0.3, -0.25) is 4.79 Å². The highest BCUT2D eigenvalue weighted by atomic mass is 35.5. The molecule has 0 saturated carbocycles. The molecule has 3 rings (SSSR count). The van der Waals surface area contributed by atoms with Crippen LogP contribution >= 0.6 is 23.4 Å². The summed E-state index contributed by atoms with van der Waals surface area (Å²) in [6, 6.07) is 7.71. The molecule has 2 aromatic heterocycles. The molecule has 0 fully saturated rings. The van der Waals surface area contributed by atoms with E-state index in [1.165, 1.54) is 17.3 Å². The fourth-order valence-electron chi connectivity index (χ4n) is 2.32. The van der Waals surface area contributed by atoms with Crippen LogP contribution in [0.3, 0.4) is 0 Å². The number of aryl methyl sites for hydroxylation is 2. The molecule has 0 aliphatic rings. The predicted molar refractivity (Wildman–Crippen MR) is 98.8 cm³/mol. The highest BCUT2D eigenvalue weighted by Crippen LogP contribution is 2.25. The first kappa shape index (κ1) is 16.8. The lowest BCUT2D eigenvalue weighted by Crippen LogP contribution is -2.23. The number of carbonyl (C=O) groups is 1. The number of rotatable bonds is 4. The number of carbonyl (C=O) groups excluding carboxylic acids is 1. The third-order valence-corrected chi connectivity index (χ3v) is 4.77. The largest absolute Gasteiger partial charge is 0.331 e. The second-order valence-corrected chi connectivity index (χ2v) is 7.40. The Morgan fingerprint density at radius 2 is 2.12 bits per heavy atom. The van der Waals surface area contributed by atoms with Crippen molar-refractivity contribution in [2.75, 3.05) is 5.32 Å². The van der Waals surface area contributed by atoms with Crippen LogP contribution in [0.1, 0.15) is 18.1 Å². The van der Waals surface area contributed by atoms with E-state index in [4.69, 9.17) is 11.6 Å². The number of nitrogens with one attached hydrogen (secondary N) is 2. The zero-order valence-corrected chi connectivity index (χ0v) is 15.1. The van der Waals surface area contributed by atoms with E-state index >= 15 is 0 Å². The number of amides is 1. The molecular formula is C17H17ClN4OS. The lowest BCUT2D eigenvalue weighted by atomic mass is 10.1. The number of hydrogen-bond donors (Lipinski definition) is 2. The van der Waals surface area contributed by atoms with E-state index in [0.717, 1.165) is 16.8 Å². The zero-order chi connectivity index (χ0) is 17.3. The second kappa shape index (κ2) is 6.83. The molecule has 2 N–H and O–H groups in total. The molecule has 24 heavy (non-hydrogen) atoms. The average molecular weight is 361 g/mol. The van der Waals surface area contributed by atoms with E-state index in [1.54, 1.807) is 12.3 Å². The summed E-state index contributed by atoms with van der Waals surface area (Å²) in [5, 5.41) is 3.84. The molecule has 5 nitrogen and oxygen atoms in total. The number of thioether (sulfide) groups is 1. The first-order chi connectivity index (χ1) is 11.4. The van der Waals surface area contributed by atoms with Crippen LogP contribution in [0.5, 0.6) is 0 Å². The van der Waals surface area contributed by atoms with Crippen molar-refractivity contribution in [3.05, 3.63) is 46.6 Å². The molecule has 2 heterocycles. The minimum absolute atomic E-state index is 0.0709. The van der Waals surface area contributed by atoms with Crippen LogP contribution in [0.4, 0.5) is 5.69 Å². The van der Waals surface area contributed by atoms with Crippen LogP contribution in [-0.4, -0.2) is 26.1 Å². The van der Waals surface area contributed by atoms with Gasteiger partial charge in [-0.1, -0.05) is 41.1 Å². The Morgan fingerprint density at radius 3 is 2.88 bits per heavy atom. The van der Waals surface area contributed by atoms with Gasteiger partial charge >= 0.3 is 0 Å². The number of aromatic nitrogens is 3. The third-order valence-electron chi connectivity index (χ3n) is 3.58. The number of aromatic amines is 1. The molecule has 1 aromatic carbocycles. The Bertz CT molecular complexity index is 909. The number of halogens is 1. The van der Waals surface area contributed by atoms with Gasteiger partial charge in [-0.2, -0.15) is 0 Å². The standard InChI is InChI=1S/C17H17ClN4OS/c1-9-4-5-13(10(2)6-9)20-16(23)11(3)24-17-21-14-7-12(18)8-19-15(14)22-17/h4-8,11H,1-3H3,(H,20,23)(H,19,21,22)/t11-/m1/s1. The molecule has 0 bridgehead atoms. The molecule has 1 amide bonds. The van der Waals surface area contributed by atoms with Crippen molar-refractivity contribution < 1.29 is 4.79 Å². The van der Waals surface area contributed by atoms with Gasteiger partial charge in [-0.15, -0.1) is 0 Å². The van der Waals surface area contributed by atoms with Gasteiger partial charge in [-0.25, -0.2) is 9.97 Å². The van der Waals surface area contributed by atoms with E-state index in [9.17, 15) is 4.79 Å². The fourth-order valence-corrected chi connectivity index (χ4v) is 3.28. The molecule has 3 aromatic rings. The Hall–Kier alpha value is -2.05. The number of H-pyrrole nitrogens is 1. The molecule has 0 radical (unpaired) electrons. The molecule has 0 aliphatic heterocycles. The van der Waals surface area contributed by atoms with Gasteiger partial charge < -0.3 is 10.3 Å². The summed E-state index contributed by atoms with van der Waals surface area (Å²) < 4.78 is 0. The second-order valence-electron chi connectivity index (χ2n) is 5.63. The Kier molecular flexibility index (Phi) is 4.78. The maximum atomic E-state index is 12.4. The van der Waals surface area contributed by atoms with E-state index in [-0.39, 0.29) is 11.2 Å². The van der Waals surface area contributed by atoms with Gasteiger partial charge in [0.2, 0.25) is 5.91 Å². The number of benzene rings is 1. The normalized spacial score (nSPS) is 12.3. The van der Waals surface area contributed by atoms with Crippen molar-refractivity contribution in [1.82, 2.24) is 15.0 Å². The number of hydrogen-bond acceptors (Lipinski definition) is 4. The van der Waals surface area contributed by atoms with Gasteiger partial charge in [-0.05, 0) is 38.5 Å². The summed E-state index contributed by atoms with van der Waals surface area (Å²) in [5.74, 6) is -0.0709. The molecule has 0 saturated heterocycles. The average Bonchev–Trinajstić information content (AvgIpc) is 2.91. The van der Waals surface area contributed by atoms with Crippen LogP contribution in [0.25, 0.3) is 11.2 Å². The fraction of sp³-hybridized carbons (Fsp3) is 0.235. The van der Waals surface area contributed by atoms with E-state index in [1.807, 2.05) is 39.0 Å². The van der Waals surface area contributed by atoms with Gasteiger partial charge in [0, 0.05) is 11.9 Å². The molecule has 124 valence electrons. The molecule has 0 aliphatic carbocycles. The van der Waals surface area contributed by atoms with Crippen molar-refractivity contribution in [3.63, 3.8) is 0 Å². The maximum Gasteiger partial charge on any atom is 0.237 e. The summed E-state index contributed by atoms with van der Waals surface area (Å²) in [6.45, 7) is 5.85. The SMILES string of the molecule is Cc1ccc(NC(=O)[C@@H](C)Sc2nc3ncc(Cl)cc3[nH]2)c(C)c1. The topological polar surface area (TPSA) is 70.7 Å². The predicted octanol–water partition coefficient (Wildman–Crippen LogP) is 4.35. The summed E-state index contributed by atoms with van der Waals surface area (Å²) >= 11 is 7.27. The van der Waals surface area contributed by atoms with E-state index < -0.39 is 0 Å². The van der Waals surface area contributed by atoms with E-state index in [2.05, 4.69) is 20.3 Å². The van der Waals surface area contributed by atoms with Gasteiger partial charge in [0.1, 0.15) is 0 Å². The number of anilines is 1. The van der Waals surface area contributed by atoms with Crippen LogP contribution in [-0.2, 0) is 4.79 Å². The van der Waals surface area contributed by atoms with Crippen molar-refractivity contribution >= 4 is 46.1 Å². The highest BCUT2D eigenvalue weighted by Gasteiger charge is 2.17. The molecule has 0 unspecified atom stereocenters. The van der Waals surface area contributed by atoms with E-state index in [0.29, 0.717) is 15.8 Å². The summed E-state index contributed by atoms with van der Waals surface area (Å²) in [6.07, 6.45) is 1.55. The Balaban J connectivity index is 1.70. The van der Waals surface area contributed by atoms with Crippen LogP contribution in [0.15, 0.2) is 35.6 Å². The summed E-state index contributed by atoms with van der Waals surface area (Å²) in [5.41, 5.74) is 4.39. The Labute approximate surface area is 149 Å². The minimum atomic E-state index is -0.304. The number of pyridine rings is 1. The molecule has 1 atom stereocenters. The number of fused-ring (bicyclic) bond motifs is 1. The summed E-state index contributed by atoms with van der Waals surface area (Å²) in [4.78, 5) is 24.1. The van der Waals surface area contributed by atoms with Crippen LogP contribution in [0.2, 0.25) is 5.02 Å². The molecular weight excluding hydrogens is 344 g/mol. The van der Waals surface area contributed by atoms with Crippen LogP contribution in [0, 0.1) is 13.8 Å². The first-order valence-electron chi connectivity index (χ1n) is 7.48. The third kappa shape index (κ3) is 3.71. The minimum Gasteiger partial charge on any atom is -0.331 e. The first-order valence-corrected chi connectivity index (χ1v) is 8.74. The number of imidazole rings is 1. The highest BCUT2D eigenvalue weighted by molar-refractivity contribution is 8.00. The Morgan fingerprint density at radius 1 is 1.33 bits per heavy atom. The van der Waals surface area contributed by atoms with Gasteiger partial charge in [0.05, 0.1) is 15.8 Å². The van der Waals surface area contributed by atoms with Crippen molar-refractivity contribution in [1.29, 1.82) is 0 Å². The smallest absolute Gasteiger partial charge is 0.237 e. The maximum absolute atomic E-state index is 12.4. The van der Waals surface area contributed by atoms with Crippen molar-refractivity contribution in [2.24, 2.45) is 0 Å². The summed E-state index contributed by atoms with van der Waals surface area (Å²) in [7, 11) is 0. The van der Waals surface area contributed by atoms with Gasteiger partial charge in [0.25, 0.3) is 0 Å². The lowest BCUT2D eigenvalue weighted by Gasteiger charge is -2.12. The quantitative estimate of drug-likeness (QED) is 0.678. The zero-order valence-electron chi connectivity index (χ0n) is 13.6. The molecule has 0 spiro atoms. The molecule has 7 heteroatoms. The van der Waals surface area contributed by atoms with Crippen molar-refractivity contribution in [2.45, 2.75) is 31.2 Å². The lowest BCUT2D eigenvalue weighted by molar-refractivity contribution is -0.115.